The molecule has 0 amide bonds. The fraction of sp³-hybridized carbons (Fsp3) is 0.533. The molecule has 0 N–H and O–H groups in total. The van der Waals surface area contributed by atoms with Crippen LogP contribution in [0.1, 0.15) is 24.8 Å². The summed E-state index contributed by atoms with van der Waals surface area (Å²) in [6, 6.07) is 3.87. The number of pyridine rings is 1. The van der Waals surface area contributed by atoms with Gasteiger partial charge in [0.1, 0.15) is 6.61 Å². The molecule has 7 nitrogen and oxygen atoms in total. The van der Waals surface area contributed by atoms with Crippen LogP contribution in [0.5, 0.6) is 5.88 Å². The highest BCUT2D eigenvalue weighted by molar-refractivity contribution is 5.55. The zero-order valence-electron chi connectivity index (χ0n) is 12.9. The fourth-order valence-corrected chi connectivity index (χ4v) is 2.57. The largest absolute Gasteiger partial charge is 0.475 e. The van der Waals surface area contributed by atoms with Gasteiger partial charge in [0.2, 0.25) is 17.6 Å². The van der Waals surface area contributed by atoms with Crippen LogP contribution in [-0.2, 0) is 4.74 Å². The molecule has 0 aromatic carbocycles. The minimum absolute atomic E-state index is 0.223. The van der Waals surface area contributed by atoms with Crippen molar-refractivity contribution in [2.75, 3.05) is 33.9 Å². The van der Waals surface area contributed by atoms with Crippen LogP contribution in [0, 0.1) is 0 Å². The number of nitrogens with zero attached hydrogens (tertiary/aromatic N) is 4. The number of rotatable bonds is 6. The summed E-state index contributed by atoms with van der Waals surface area (Å²) in [5, 5.41) is 4.08. The number of methoxy groups -OCH3 is 1. The van der Waals surface area contributed by atoms with Crippen LogP contribution in [0.2, 0.25) is 0 Å². The van der Waals surface area contributed by atoms with Crippen LogP contribution < -0.4 is 4.74 Å². The summed E-state index contributed by atoms with van der Waals surface area (Å²) >= 11 is 0. The summed E-state index contributed by atoms with van der Waals surface area (Å²) in [5.41, 5.74) is 0.832. The van der Waals surface area contributed by atoms with Crippen LogP contribution in [0.15, 0.2) is 22.9 Å². The highest BCUT2D eigenvalue weighted by Gasteiger charge is 2.28. The van der Waals surface area contributed by atoms with E-state index >= 15 is 0 Å². The minimum Gasteiger partial charge on any atom is -0.475 e. The molecule has 7 heteroatoms. The van der Waals surface area contributed by atoms with Gasteiger partial charge in [-0.05, 0) is 32.5 Å². The quantitative estimate of drug-likeness (QED) is 0.755. The van der Waals surface area contributed by atoms with Crippen molar-refractivity contribution >= 4 is 0 Å². The average molecular weight is 304 g/mol. The van der Waals surface area contributed by atoms with Crippen molar-refractivity contribution in [1.82, 2.24) is 20.0 Å². The lowest BCUT2D eigenvalue weighted by Crippen LogP contribution is -2.17. The maximum atomic E-state index is 5.50. The molecule has 1 saturated heterocycles. The maximum absolute atomic E-state index is 5.50. The van der Waals surface area contributed by atoms with Crippen molar-refractivity contribution in [3.8, 4) is 17.3 Å². The van der Waals surface area contributed by atoms with Gasteiger partial charge in [0.25, 0.3) is 0 Å². The van der Waals surface area contributed by atoms with Crippen LogP contribution >= 0.6 is 0 Å². The van der Waals surface area contributed by atoms with Gasteiger partial charge in [-0.25, -0.2) is 4.98 Å². The van der Waals surface area contributed by atoms with E-state index in [1.165, 1.54) is 0 Å². The summed E-state index contributed by atoms with van der Waals surface area (Å²) in [5.74, 6) is 1.77. The standard InChI is InChI=1S/C15H20N4O3/c1-19-7-3-4-12(19)15-17-14(18-22-15)11-5-6-16-13(10-11)21-9-8-20-2/h5-6,10,12H,3-4,7-9H2,1-2H3. The third-order valence-corrected chi connectivity index (χ3v) is 3.78. The lowest BCUT2D eigenvalue weighted by molar-refractivity contribution is 0.144. The molecular weight excluding hydrogens is 284 g/mol. The predicted molar refractivity (Wildman–Crippen MR) is 79.5 cm³/mol. The molecule has 1 unspecified atom stereocenters. The van der Waals surface area contributed by atoms with E-state index in [-0.39, 0.29) is 6.04 Å². The Balaban J connectivity index is 1.74. The highest BCUT2D eigenvalue weighted by Crippen LogP contribution is 2.30. The number of hydrogen-bond donors (Lipinski definition) is 0. The third kappa shape index (κ3) is 3.26. The van der Waals surface area contributed by atoms with Gasteiger partial charge in [-0.1, -0.05) is 5.16 Å². The number of ether oxygens (including phenoxy) is 2. The number of hydrogen-bond acceptors (Lipinski definition) is 7. The molecule has 0 aliphatic carbocycles. The molecule has 0 bridgehead atoms. The molecule has 2 aromatic heterocycles. The van der Waals surface area contributed by atoms with Crippen molar-refractivity contribution in [2.45, 2.75) is 18.9 Å². The Hall–Kier alpha value is -1.99. The van der Waals surface area contributed by atoms with Gasteiger partial charge in [-0.2, -0.15) is 4.98 Å². The Bertz CT molecular complexity index is 616. The normalized spacial score (nSPS) is 18.7. The molecular formula is C15H20N4O3. The monoisotopic (exact) mass is 304 g/mol. The molecule has 22 heavy (non-hydrogen) atoms. The van der Waals surface area contributed by atoms with Gasteiger partial charge in [0.15, 0.2) is 0 Å². The second-order valence-electron chi connectivity index (χ2n) is 5.32. The van der Waals surface area contributed by atoms with Crippen molar-refractivity contribution in [3.05, 3.63) is 24.2 Å². The second kappa shape index (κ2) is 6.85. The van der Waals surface area contributed by atoms with Crippen molar-refractivity contribution < 1.29 is 14.0 Å². The number of aromatic nitrogens is 3. The van der Waals surface area contributed by atoms with E-state index in [0.29, 0.717) is 30.8 Å². The van der Waals surface area contributed by atoms with E-state index in [0.717, 1.165) is 24.9 Å². The first-order valence-corrected chi connectivity index (χ1v) is 7.40. The summed E-state index contributed by atoms with van der Waals surface area (Å²) in [6.45, 7) is 2.04. The second-order valence-corrected chi connectivity index (χ2v) is 5.32. The topological polar surface area (TPSA) is 73.5 Å². The predicted octanol–water partition coefficient (Wildman–Crippen LogP) is 1.92. The third-order valence-electron chi connectivity index (χ3n) is 3.78. The lowest BCUT2D eigenvalue weighted by Gasteiger charge is -2.14. The summed E-state index contributed by atoms with van der Waals surface area (Å²) in [4.78, 5) is 10.9. The van der Waals surface area contributed by atoms with Gasteiger partial charge >= 0.3 is 0 Å². The molecule has 3 heterocycles. The first kappa shape index (κ1) is 14.9. The molecule has 2 aromatic rings. The Labute approximate surface area is 129 Å². The molecule has 0 saturated carbocycles. The smallest absolute Gasteiger partial charge is 0.244 e. The van der Waals surface area contributed by atoms with Crippen LogP contribution in [0.4, 0.5) is 0 Å². The van der Waals surface area contributed by atoms with E-state index in [2.05, 4.69) is 27.1 Å². The summed E-state index contributed by atoms with van der Waals surface area (Å²) < 4.78 is 15.9. The Morgan fingerprint density at radius 3 is 3.09 bits per heavy atom. The molecule has 3 rings (SSSR count). The van der Waals surface area contributed by atoms with E-state index in [1.807, 2.05) is 12.1 Å². The van der Waals surface area contributed by atoms with Gasteiger partial charge in [0, 0.05) is 24.9 Å². The first-order valence-electron chi connectivity index (χ1n) is 7.40. The average Bonchev–Trinajstić information content (AvgIpc) is 3.16. The highest BCUT2D eigenvalue weighted by atomic mass is 16.5. The van der Waals surface area contributed by atoms with Gasteiger partial charge in [-0.3, -0.25) is 4.90 Å². The molecule has 0 spiro atoms. The summed E-state index contributed by atoms with van der Waals surface area (Å²) in [7, 11) is 3.71. The van der Waals surface area contributed by atoms with E-state index in [4.69, 9.17) is 14.0 Å². The van der Waals surface area contributed by atoms with Gasteiger partial charge in [-0.15, -0.1) is 0 Å². The maximum Gasteiger partial charge on any atom is 0.244 e. The molecule has 1 aliphatic rings. The zero-order valence-corrected chi connectivity index (χ0v) is 12.9. The van der Waals surface area contributed by atoms with Crippen molar-refractivity contribution in [3.63, 3.8) is 0 Å². The van der Waals surface area contributed by atoms with Gasteiger partial charge in [0.05, 0.1) is 12.6 Å². The SMILES string of the molecule is COCCOc1cc(-c2noc(C3CCCN3C)n2)ccn1. The molecule has 1 atom stereocenters. The molecule has 118 valence electrons. The Morgan fingerprint density at radius 2 is 2.32 bits per heavy atom. The van der Waals surface area contributed by atoms with Crippen LogP contribution in [0.3, 0.4) is 0 Å². The Morgan fingerprint density at radius 1 is 1.41 bits per heavy atom. The molecule has 0 radical (unpaired) electrons. The molecule has 1 fully saturated rings. The van der Waals surface area contributed by atoms with Crippen molar-refractivity contribution in [1.29, 1.82) is 0 Å². The minimum atomic E-state index is 0.223. The molecule has 1 aliphatic heterocycles. The van der Waals surface area contributed by atoms with E-state index in [1.54, 1.807) is 13.3 Å². The van der Waals surface area contributed by atoms with Crippen LogP contribution in [-0.4, -0.2) is 53.9 Å². The van der Waals surface area contributed by atoms with Crippen LogP contribution in [0.25, 0.3) is 11.4 Å². The van der Waals surface area contributed by atoms with Crippen molar-refractivity contribution in [2.24, 2.45) is 0 Å². The summed E-state index contributed by atoms with van der Waals surface area (Å²) in [6.07, 6.45) is 3.89. The van der Waals surface area contributed by atoms with Gasteiger partial charge < -0.3 is 14.0 Å². The zero-order chi connectivity index (χ0) is 15.4. The fourth-order valence-electron chi connectivity index (χ4n) is 2.57. The number of likely N-dealkylation sites (tertiary alicyclic amines) is 1. The lowest BCUT2D eigenvalue weighted by atomic mass is 10.2. The van der Waals surface area contributed by atoms with E-state index in [9.17, 15) is 0 Å². The van der Waals surface area contributed by atoms with E-state index < -0.39 is 0 Å². The Kier molecular flexibility index (Phi) is 4.65. The first-order chi connectivity index (χ1) is 10.8.